The van der Waals surface area contributed by atoms with E-state index in [1.165, 1.54) is 7.11 Å². The number of carbonyl (C=O) groups is 1. The summed E-state index contributed by atoms with van der Waals surface area (Å²) in [5.74, 6) is -0.0963. The summed E-state index contributed by atoms with van der Waals surface area (Å²) in [7, 11) is 1.25. The summed E-state index contributed by atoms with van der Waals surface area (Å²) in [6.07, 6.45) is 0.236. The van der Waals surface area contributed by atoms with E-state index in [1.54, 1.807) is 11.8 Å². The molecule has 1 unspecified atom stereocenters. The van der Waals surface area contributed by atoms with Gasteiger partial charge in [0.05, 0.1) is 12.8 Å². The minimum absolute atomic E-state index is 0.0694. The summed E-state index contributed by atoms with van der Waals surface area (Å²) in [5, 5.41) is 5.60. The van der Waals surface area contributed by atoms with Crippen LogP contribution in [0.5, 0.6) is 5.75 Å². The van der Waals surface area contributed by atoms with Gasteiger partial charge < -0.3 is 15.4 Å². The van der Waals surface area contributed by atoms with Crippen LogP contribution >= 0.6 is 11.8 Å². The molecule has 1 heterocycles. The van der Waals surface area contributed by atoms with Gasteiger partial charge >= 0.3 is 0 Å². The molecule has 1 aliphatic rings. The minimum atomic E-state index is -0.720. The molecular formula is C13H16F2N2O2S. The maximum Gasteiger partial charge on any atom is 0.226 e. The van der Waals surface area contributed by atoms with Gasteiger partial charge in [-0.15, -0.1) is 0 Å². The van der Waals surface area contributed by atoms with Crippen molar-refractivity contribution in [3.63, 3.8) is 0 Å². The maximum absolute atomic E-state index is 13.7. The van der Waals surface area contributed by atoms with E-state index in [0.717, 1.165) is 30.2 Å². The van der Waals surface area contributed by atoms with Gasteiger partial charge in [0.15, 0.2) is 17.4 Å². The number of carbonyl (C=O) groups excluding carboxylic acids is 1. The average molecular weight is 302 g/mol. The molecule has 2 rings (SSSR count). The molecule has 20 heavy (non-hydrogen) atoms. The van der Waals surface area contributed by atoms with Crippen LogP contribution in [-0.4, -0.2) is 37.1 Å². The Kier molecular flexibility index (Phi) is 5.19. The van der Waals surface area contributed by atoms with Gasteiger partial charge in [0.1, 0.15) is 0 Å². The molecule has 1 aromatic carbocycles. The van der Waals surface area contributed by atoms with Crippen LogP contribution in [0, 0.1) is 11.6 Å². The third kappa shape index (κ3) is 3.83. The minimum Gasteiger partial charge on any atom is -0.494 e. The number of rotatable bonds is 4. The van der Waals surface area contributed by atoms with E-state index in [2.05, 4.69) is 15.4 Å². The predicted molar refractivity (Wildman–Crippen MR) is 75.3 cm³/mol. The van der Waals surface area contributed by atoms with E-state index in [-0.39, 0.29) is 29.8 Å². The van der Waals surface area contributed by atoms with Crippen LogP contribution in [-0.2, 0) is 4.79 Å². The zero-order valence-electron chi connectivity index (χ0n) is 11.0. The number of methoxy groups -OCH3 is 1. The number of hydrogen-bond acceptors (Lipinski definition) is 4. The van der Waals surface area contributed by atoms with E-state index in [4.69, 9.17) is 0 Å². The van der Waals surface area contributed by atoms with Gasteiger partial charge in [-0.2, -0.15) is 11.8 Å². The second-order valence-electron chi connectivity index (χ2n) is 4.44. The zero-order chi connectivity index (χ0) is 14.5. The van der Waals surface area contributed by atoms with Crippen LogP contribution in [0.25, 0.3) is 0 Å². The highest BCUT2D eigenvalue weighted by Gasteiger charge is 2.18. The molecule has 0 radical (unpaired) electrons. The number of anilines is 1. The Morgan fingerprint density at radius 2 is 2.30 bits per heavy atom. The van der Waals surface area contributed by atoms with Crippen molar-refractivity contribution in [1.82, 2.24) is 5.32 Å². The molecule has 1 aliphatic heterocycles. The van der Waals surface area contributed by atoms with E-state index >= 15 is 0 Å². The molecule has 1 aromatic rings. The van der Waals surface area contributed by atoms with E-state index < -0.39 is 11.6 Å². The molecule has 1 atom stereocenters. The molecule has 0 spiro atoms. The van der Waals surface area contributed by atoms with Crippen LogP contribution < -0.4 is 15.4 Å². The number of thioether (sulfide) groups is 1. The SMILES string of the molecule is COc1cc(F)c(NC(=O)CC2CSCCN2)cc1F. The number of benzene rings is 1. The van der Waals surface area contributed by atoms with Crippen molar-refractivity contribution in [2.75, 3.05) is 30.5 Å². The largest absolute Gasteiger partial charge is 0.494 e. The van der Waals surface area contributed by atoms with Crippen LogP contribution in [0.4, 0.5) is 14.5 Å². The van der Waals surface area contributed by atoms with Gasteiger partial charge in [0.25, 0.3) is 0 Å². The number of amides is 1. The summed E-state index contributed by atoms with van der Waals surface area (Å²) >= 11 is 1.77. The van der Waals surface area contributed by atoms with E-state index in [9.17, 15) is 13.6 Å². The quantitative estimate of drug-likeness (QED) is 0.893. The Balaban J connectivity index is 1.98. The summed E-state index contributed by atoms with van der Waals surface area (Å²) in [6.45, 7) is 0.855. The molecule has 110 valence electrons. The van der Waals surface area contributed by atoms with Gasteiger partial charge in [0.2, 0.25) is 5.91 Å². The molecule has 1 fully saturated rings. The van der Waals surface area contributed by atoms with Crippen molar-refractivity contribution < 1.29 is 18.3 Å². The average Bonchev–Trinajstić information content (AvgIpc) is 2.43. The summed E-state index contributed by atoms with van der Waals surface area (Å²) in [5.41, 5.74) is -0.170. The van der Waals surface area contributed by atoms with Gasteiger partial charge in [-0.05, 0) is 0 Å². The second-order valence-corrected chi connectivity index (χ2v) is 5.59. The van der Waals surface area contributed by atoms with Crippen molar-refractivity contribution in [3.8, 4) is 5.75 Å². The lowest BCUT2D eigenvalue weighted by atomic mass is 10.2. The first-order valence-corrected chi connectivity index (χ1v) is 7.39. The van der Waals surface area contributed by atoms with Crippen LogP contribution in [0.1, 0.15) is 6.42 Å². The van der Waals surface area contributed by atoms with Crippen LogP contribution in [0.3, 0.4) is 0 Å². The van der Waals surface area contributed by atoms with Gasteiger partial charge in [-0.25, -0.2) is 8.78 Å². The lowest BCUT2D eigenvalue weighted by Gasteiger charge is -2.22. The zero-order valence-corrected chi connectivity index (χ0v) is 11.9. The van der Waals surface area contributed by atoms with Crippen molar-refractivity contribution in [3.05, 3.63) is 23.8 Å². The van der Waals surface area contributed by atoms with Gasteiger partial charge in [0, 0.05) is 42.6 Å². The Hall–Kier alpha value is -1.34. The van der Waals surface area contributed by atoms with Crippen LogP contribution in [0.15, 0.2) is 12.1 Å². The molecule has 1 saturated heterocycles. The molecule has 4 nitrogen and oxygen atoms in total. The number of hydrogen-bond donors (Lipinski definition) is 2. The lowest BCUT2D eigenvalue weighted by Crippen LogP contribution is -2.40. The summed E-state index contributed by atoms with van der Waals surface area (Å²) < 4.78 is 31.8. The van der Waals surface area contributed by atoms with Gasteiger partial charge in [-0.3, -0.25) is 4.79 Å². The van der Waals surface area contributed by atoms with E-state index in [0.29, 0.717) is 0 Å². The Morgan fingerprint density at radius 3 is 2.95 bits per heavy atom. The van der Waals surface area contributed by atoms with Gasteiger partial charge in [-0.1, -0.05) is 0 Å². The first-order valence-electron chi connectivity index (χ1n) is 6.24. The number of ether oxygens (including phenoxy) is 1. The Morgan fingerprint density at radius 1 is 1.50 bits per heavy atom. The highest BCUT2D eigenvalue weighted by molar-refractivity contribution is 7.99. The summed E-state index contributed by atoms with van der Waals surface area (Å²) in [6, 6.07) is 1.91. The number of nitrogens with one attached hydrogen (secondary N) is 2. The van der Waals surface area contributed by atoms with Crippen molar-refractivity contribution in [2.45, 2.75) is 12.5 Å². The van der Waals surface area contributed by atoms with Crippen LogP contribution in [0.2, 0.25) is 0 Å². The molecule has 2 N–H and O–H groups in total. The third-order valence-electron chi connectivity index (χ3n) is 2.95. The second kappa shape index (κ2) is 6.90. The molecule has 7 heteroatoms. The highest BCUT2D eigenvalue weighted by atomic mass is 32.2. The first kappa shape index (κ1) is 15.1. The predicted octanol–water partition coefficient (Wildman–Crippen LogP) is 2.01. The normalized spacial score (nSPS) is 18.6. The number of halogens is 2. The summed E-state index contributed by atoms with van der Waals surface area (Å²) in [4.78, 5) is 11.8. The fourth-order valence-corrected chi connectivity index (χ4v) is 2.91. The van der Waals surface area contributed by atoms with Crippen molar-refractivity contribution in [2.24, 2.45) is 0 Å². The smallest absolute Gasteiger partial charge is 0.226 e. The monoisotopic (exact) mass is 302 g/mol. The maximum atomic E-state index is 13.7. The third-order valence-corrected chi connectivity index (χ3v) is 4.08. The standard InChI is InChI=1S/C13H16F2N2O2S/c1-19-12-6-9(14)11(5-10(12)15)17-13(18)4-8-7-20-3-2-16-8/h5-6,8,16H,2-4,7H2,1H3,(H,17,18). The van der Waals surface area contributed by atoms with Crippen molar-refractivity contribution >= 4 is 23.4 Å². The topological polar surface area (TPSA) is 50.4 Å². The van der Waals surface area contributed by atoms with E-state index in [1.807, 2.05) is 0 Å². The Labute approximate surface area is 120 Å². The molecule has 0 aliphatic carbocycles. The molecule has 0 bridgehead atoms. The molecule has 1 amide bonds. The highest BCUT2D eigenvalue weighted by Crippen LogP contribution is 2.24. The fourth-order valence-electron chi connectivity index (χ4n) is 1.96. The first-order chi connectivity index (χ1) is 9.60. The molecule has 0 saturated carbocycles. The molecular weight excluding hydrogens is 286 g/mol. The van der Waals surface area contributed by atoms with Crippen molar-refractivity contribution in [1.29, 1.82) is 0 Å². The molecule has 0 aromatic heterocycles. The lowest BCUT2D eigenvalue weighted by molar-refractivity contribution is -0.116. The Bertz CT molecular complexity index is 494. The fraction of sp³-hybridized carbons (Fsp3) is 0.462.